The Balaban J connectivity index is 2.02. The van der Waals surface area contributed by atoms with Gasteiger partial charge in [0, 0.05) is 15.7 Å². The zero-order valence-corrected chi connectivity index (χ0v) is 11.6. The maximum atomic E-state index is 11.2. The molecule has 1 aromatic carbocycles. The quantitative estimate of drug-likeness (QED) is 0.868. The molecule has 0 aliphatic heterocycles. The van der Waals surface area contributed by atoms with Gasteiger partial charge in [0.15, 0.2) is 0 Å². The third-order valence-corrected chi connectivity index (χ3v) is 2.81. The van der Waals surface area contributed by atoms with E-state index in [1.54, 1.807) is 30.3 Å². The van der Waals surface area contributed by atoms with Crippen LogP contribution in [0.3, 0.4) is 0 Å². The molecule has 0 aliphatic rings. The highest BCUT2D eigenvalue weighted by Gasteiger charge is 2.10. The molecular weight excluding hydrogens is 289 g/mol. The first-order valence-corrected chi connectivity index (χ1v) is 6.21. The molecule has 0 radical (unpaired) electrons. The summed E-state index contributed by atoms with van der Waals surface area (Å²) in [4.78, 5) is 11.2. The lowest BCUT2D eigenvalue weighted by atomic mass is 10.3. The van der Waals surface area contributed by atoms with E-state index in [1.807, 2.05) is 0 Å². The minimum Gasteiger partial charge on any atom is -0.463 e. The Morgan fingerprint density at radius 1 is 1.26 bits per heavy atom. The average molecular weight is 300 g/mol. The lowest BCUT2D eigenvalue weighted by Crippen LogP contribution is -2.00. The van der Waals surface area contributed by atoms with Crippen molar-refractivity contribution in [3.63, 3.8) is 0 Å². The number of carbonyl (C=O) groups is 1. The second-order valence-corrected chi connectivity index (χ2v) is 4.64. The number of furan rings is 1. The Bertz CT molecular complexity index is 575. The van der Waals surface area contributed by atoms with E-state index < -0.39 is 5.97 Å². The number of ether oxygens (including phenoxy) is 1. The second kappa shape index (κ2) is 5.99. The third-order valence-electron chi connectivity index (χ3n) is 2.38. The molecule has 0 fully saturated rings. The molecule has 0 unspecified atom stereocenters. The van der Waals surface area contributed by atoms with E-state index in [0.717, 1.165) is 5.69 Å². The van der Waals surface area contributed by atoms with Crippen LogP contribution in [0.2, 0.25) is 10.0 Å². The predicted molar refractivity (Wildman–Crippen MR) is 73.8 cm³/mol. The van der Waals surface area contributed by atoms with Crippen molar-refractivity contribution in [2.45, 2.75) is 6.54 Å². The Hall–Kier alpha value is -1.65. The molecule has 0 bridgehead atoms. The molecule has 4 nitrogen and oxygen atoms in total. The fraction of sp³-hybridized carbons (Fsp3) is 0.154. The largest absolute Gasteiger partial charge is 0.463 e. The van der Waals surface area contributed by atoms with Crippen molar-refractivity contribution in [1.29, 1.82) is 0 Å². The molecule has 2 aromatic rings. The van der Waals surface area contributed by atoms with Gasteiger partial charge in [-0.15, -0.1) is 0 Å². The number of carbonyl (C=O) groups excluding carboxylic acids is 1. The van der Waals surface area contributed by atoms with Crippen LogP contribution in [0.4, 0.5) is 5.69 Å². The van der Waals surface area contributed by atoms with Gasteiger partial charge < -0.3 is 14.5 Å². The minimum atomic E-state index is -0.503. The lowest BCUT2D eigenvalue weighted by Gasteiger charge is -2.05. The summed E-state index contributed by atoms with van der Waals surface area (Å²) >= 11 is 11.8. The van der Waals surface area contributed by atoms with Crippen LogP contribution in [0, 0.1) is 0 Å². The summed E-state index contributed by atoms with van der Waals surface area (Å²) in [6, 6.07) is 8.41. The highest BCUT2D eigenvalue weighted by atomic mass is 35.5. The normalized spacial score (nSPS) is 10.3. The van der Waals surface area contributed by atoms with Gasteiger partial charge in [0.2, 0.25) is 5.76 Å². The van der Waals surface area contributed by atoms with Crippen molar-refractivity contribution in [2.75, 3.05) is 12.4 Å². The summed E-state index contributed by atoms with van der Waals surface area (Å²) in [5.74, 6) is 0.275. The third kappa shape index (κ3) is 3.66. The smallest absolute Gasteiger partial charge is 0.373 e. The Labute approximate surface area is 120 Å². The van der Waals surface area contributed by atoms with Crippen LogP contribution in [0.25, 0.3) is 0 Å². The summed E-state index contributed by atoms with van der Waals surface area (Å²) in [5, 5.41) is 4.19. The van der Waals surface area contributed by atoms with Crippen LogP contribution in [0.1, 0.15) is 16.3 Å². The first kappa shape index (κ1) is 13.8. The number of esters is 1. The van der Waals surface area contributed by atoms with Gasteiger partial charge in [-0.25, -0.2) is 4.79 Å². The van der Waals surface area contributed by atoms with Gasteiger partial charge in [-0.05, 0) is 30.3 Å². The Morgan fingerprint density at radius 3 is 2.58 bits per heavy atom. The van der Waals surface area contributed by atoms with Crippen molar-refractivity contribution in [2.24, 2.45) is 0 Å². The van der Waals surface area contributed by atoms with E-state index in [2.05, 4.69) is 10.1 Å². The molecule has 0 saturated carbocycles. The maximum absolute atomic E-state index is 11.2. The van der Waals surface area contributed by atoms with Crippen molar-refractivity contribution in [3.05, 3.63) is 51.9 Å². The molecule has 0 amide bonds. The van der Waals surface area contributed by atoms with E-state index >= 15 is 0 Å². The SMILES string of the molecule is COC(=O)c1ccc(CNc2cc(Cl)cc(Cl)c2)o1. The first-order valence-electron chi connectivity index (χ1n) is 5.45. The number of halogens is 2. The monoisotopic (exact) mass is 299 g/mol. The van der Waals surface area contributed by atoms with Crippen LogP contribution in [-0.2, 0) is 11.3 Å². The molecule has 6 heteroatoms. The molecule has 19 heavy (non-hydrogen) atoms. The highest BCUT2D eigenvalue weighted by molar-refractivity contribution is 6.35. The first-order chi connectivity index (χ1) is 9.08. The zero-order valence-electron chi connectivity index (χ0n) is 10.1. The number of hydrogen-bond donors (Lipinski definition) is 1. The Kier molecular flexibility index (Phi) is 4.35. The molecule has 1 N–H and O–H groups in total. The summed E-state index contributed by atoms with van der Waals surface area (Å²) in [5.41, 5.74) is 0.772. The van der Waals surface area contributed by atoms with Crippen LogP contribution in [0.5, 0.6) is 0 Å². The number of anilines is 1. The van der Waals surface area contributed by atoms with E-state index in [1.165, 1.54) is 7.11 Å². The van der Waals surface area contributed by atoms with Crippen molar-refractivity contribution in [3.8, 4) is 0 Å². The van der Waals surface area contributed by atoms with Crippen LogP contribution < -0.4 is 5.32 Å². The van der Waals surface area contributed by atoms with E-state index in [0.29, 0.717) is 22.4 Å². The average Bonchev–Trinajstić information content (AvgIpc) is 2.83. The standard InChI is InChI=1S/C13H11Cl2NO3/c1-18-13(17)12-3-2-11(19-12)7-16-10-5-8(14)4-9(15)6-10/h2-6,16H,7H2,1H3. The summed E-state index contributed by atoms with van der Waals surface area (Å²) in [6.07, 6.45) is 0. The van der Waals surface area contributed by atoms with Gasteiger partial charge in [-0.2, -0.15) is 0 Å². The van der Waals surface area contributed by atoms with E-state index in [-0.39, 0.29) is 5.76 Å². The fourth-order valence-corrected chi connectivity index (χ4v) is 2.05. The number of hydrogen-bond acceptors (Lipinski definition) is 4. The van der Waals surface area contributed by atoms with Crippen molar-refractivity contribution >= 4 is 34.9 Å². The molecule has 2 rings (SSSR count). The summed E-state index contributed by atoms with van der Waals surface area (Å²) < 4.78 is 9.87. The molecule has 0 saturated heterocycles. The van der Waals surface area contributed by atoms with E-state index in [4.69, 9.17) is 27.6 Å². The number of rotatable bonds is 4. The molecule has 1 aromatic heterocycles. The minimum absolute atomic E-state index is 0.170. The Morgan fingerprint density at radius 2 is 1.95 bits per heavy atom. The van der Waals surface area contributed by atoms with E-state index in [9.17, 15) is 4.79 Å². The van der Waals surface area contributed by atoms with Crippen molar-refractivity contribution < 1.29 is 13.9 Å². The number of benzene rings is 1. The summed E-state index contributed by atoms with van der Waals surface area (Å²) in [6.45, 7) is 0.410. The molecule has 1 heterocycles. The molecule has 0 aliphatic carbocycles. The topological polar surface area (TPSA) is 51.5 Å². The van der Waals surface area contributed by atoms with Gasteiger partial charge in [-0.1, -0.05) is 23.2 Å². The van der Waals surface area contributed by atoms with Crippen LogP contribution >= 0.6 is 23.2 Å². The van der Waals surface area contributed by atoms with Gasteiger partial charge >= 0.3 is 5.97 Å². The van der Waals surface area contributed by atoms with Crippen molar-refractivity contribution in [1.82, 2.24) is 0 Å². The van der Waals surface area contributed by atoms with Gasteiger partial charge in [0.1, 0.15) is 5.76 Å². The predicted octanol–water partition coefficient (Wildman–Crippen LogP) is 3.99. The molecule has 0 atom stereocenters. The lowest BCUT2D eigenvalue weighted by molar-refractivity contribution is 0.0563. The number of nitrogens with one attached hydrogen (secondary N) is 1. The molecule has 100 valence electrons. The van der Waals surface area contributed by atoms with Crippen LogP contribution in [0.15, 0.2) is 34.7 Å². The zero-order chi connectivity index (χ0) is 13.8. The second-order valence-electron chi connectivity index (χ2n) is 3.77. The summed E-state index contributed by atoms with van der Waals surface area (Å²) in [7, 11) is 1.30. The van der Waals surface area contributed by atoms with Gasteiger partial charge in [0.05, 0.1) is 13.7 Å². The van der Waals surface area contributed by atoms with Gasteiger partial charge in [-0.3, -0.25) is 0 Å². The fourth-order valence-electron chi connectivity index (χ4n) is 1.53. The number of methoxy groups -OCH3 is 1. The molecular formula is C13H11Cl2NO3. The molecule has 0 spiro atoms. The van der Waals surface area contributed by atoms with Gasteiger partial charge in [0.25, 0.3) is 0 Å². The maximum Gasteiger partial charge on any atom is 0.373 e. The van der Waals surface area contributed by atoms with Crippen LogP contribution in [-0.4, -0.2) is 13.1 Å². The highest BCUT2D eigenvalue weighted by Crippen LogP contribution is 2.23.